The number of benzene rings is 1. The molecule has 1 aliphatic heterocycles. The van der Waals surface area contributed by atoms with Gasteiger partial charge in [0.1, 0.15) is 0 Å². The predicted octanol–water partition coefficient (Wildman–Crippen LogP) is 2.34. The number of hydrogen-bond donors (Lipinski definition) is 2. The third kappa shape index (κ3) is 4.76. The van der Waals surface area contributed by atoms with Gasteiger partial charge >= 0.3 is 0 Å². The van der Waals surface area contributed by atoms with Crippen LogP contribution < -0.4 is 10.6 Å². The Balaban J connectivity index is 1.87. The molecule has 1 aromatic carbocycles. The quantitative estimate of drug-likeness (QED) is 0.883. The van der Waals surface area contributed by atoms with E-state index in [1.54, 1.807) is 12.1 Å². The zero-order valence-electron chi connectivity index (χ0n) is 10.6. The Morgan fingerprint density at radius 2 is 2.26 bits per heavy atom. The number of rotatable bonds is 3. The highest BCUT2D eigenvalue weighted by atomic mass is 79.9. The molecule has 1 saturated heterocycles. The second-order valence-corrected chi connectivity index (χ2v) is 5.82. The normalized spacial score (nSPS) is 16.9. The van der Waals surface area contributed by atoms with Crippen molar-refractivity contribution in [1.82, 2.24) is 10.2 Å². The summed E-state index contributed by atoms with van der Waals surface area (Å²) in [7, 11) is 0. The Bertz CT molecular complexity index is 448. The van der Waals surface area contributed by atoms with E-state index in [9.17, 15) is 4.79 Å². The monoisotopic (exact) mass is 345 g/mol. The van der Waals surface area contributed by atoms with E-state index in [1.807, 2.05) is 6.07 Å². The first-order valence-corrected chi connectivity index (χ1v) is 7.50. The van der Waals surface area contributed by atoms with Crippen LogP contribution in [0.2, 0.25) is 5.02 Å². The maximum Gasteiger partial charge on any atom is 0.238 e. The molecule has 0 unspecified atom stereocenters. The van der Waals surface area contributed by atoms with E-state index in [2.05, 4.69) is 31.5 Å². The van der Waals surface area contributed by atoms with E-state index in [-0.39, 0.29) is 5.91 Å². The van der Waals surface area contributed by atoms with Crippen molar-refractivity contribution in [2.24, 2.45) is 0 Å². The van der Waals surface area contributed by atoms with Gasteiger partial charge in [0.05, 0.1) is 11.6 Å². The van der Waals surface area contributed by atoms with E-state index in [0.717, 1.165) is 42.8 Å². The summed E-state index contributed by atoms with van der Waals surface area (Å²) in [6, 6.07) is 5.37. The molecule has 1 heterocycles. The predicted molar refractivity (Wildman–Crippen MR) is 81.7 cm³/mol. The Morgan fingerprint density at radius 3 is 3.05 bits per heavy atom. The van der Waals surface area contributed by atoms with E-state index in [1.165, 1.54) is 0 Å². The number of amides is 1. The van der Waals surface area contributed by atoms with Gasteiger partial charge < -0.3 is 10.6 Å². The van der Waals surface area contributed by atoms with Crippen molar-refractivity contribution >= 4 is 39.1 Å². The molecule has 1 aromatic rings. The molecule has 1 aliphatic rings. The van der Waals surface area contributed by atoms with E-state index < -0.39 is 0 Å². The van der Waals surface area contributed by atoms with Gasteiger partial charge in [0.15, 0.2) is 0 Å². The molecule has 104 valence electrons. The lowest BCUT2D eigenvalue weighted by atomic mass is 10.3. The van der Waals surface area contributed by atoms with Crippen molar-refractivity contribution in [3.05, 3.63) is 27.7 Å². The molecule has 0 saturated carbocycles. The molecular formula is C13H17BrClN3O. The summed E-state index contributed by atoms with van der Waals surface area (Å²) in [5, 5.41) is 6.84. The maximum atomic E-state index is 12.0. The molecule has 0 aromatic heterocycles. The summed E-state index contributed by atoms with van der Waals surface area (Å²) in [4.78, 5) is 14.1. The van der Waals surface area contributed by atoms with Crippen LogP contribution in [-0.4, -0.2) is 43.5 Å². The molecule has 2 N–H and O–H groups in total. The Kier molecular flexibility index (Phi) is 5.63. The minimum absolute atomic E-state index is 0.0103. The fourth-order valence-corrected chi connectivity index (χ4v) is 2.53. The lowest BCUT2D eigenvalue weighted by Crippen LogP contribution is -2.35. The lowest BCUT2D eigenvalue weighted by molar-refractivity contribution is -0.117. The Hall–Kier alpha value is -0.620. The van der Waals surface area contributed by atoms with E-state index >= 15 is 0 Å². The second-order valence-electron chi connectivity index (χ2n) is 4.56. The molecule has 0 aliphatic carbocycles. The summed E-state index contributed by atoms with van der Waals surface area (Å²) in [6.45, 7) is 4.28. The summed E-state index contributed by atoms with van der Waals surface area (Å²) < 4.78 is 0.783. The largest absolute Gasteiger partial charge is 0.325 e. The first-order chi connectivity index (χ1) is 9.15. The average molecular weight is 347 g/mol. The van der Waals surface area contributed by atoms with Crippen molar-refractivity contribution in [1.29, 1.82) is 0 Å². The molecule has 0 spiro atoms. The van der Waals surface area contributed by atoms with Crippen molar-refractivity contribution < 1.29 is 4.79 Å². The van der Waals surface area contributed by atoms with Gasteiger partial charge in [0, 0.05) is 23.2 Å². The number of hydrogen-bond acceptors (Lipinski definition) is 3. The number of nitrogens with one attached hydrogen (secondary N) is 2. The standard InChI is InChI=1S/C13H17BrClN3O/c14-11-8-10(2-3-12(11)15)17-13(19)9-18-6-1-4-16-5-7-18/h2-3,8,16H,1,4-7,9H2,(H,17,19). The molecule has 0 atom stereocenters. The molecule has 1 amide bonds. The van der Waals surface area contributed by atoms with E-state index in [4.69, 9.17) is 11.6 Å². The third-order valence-electron chi connectivity index (χ3n) is 3.00. The van der Waals surface area contributed by atoms with Crippen LogP contribution in [-0.2, 0) is 4.79 Å². The van der Waals surface area contributed by atoms with Gasteiger partial charge in [-0.2, -0.15) is 0 Å². The van der Waals surface area contributed by atoms with Gasteiger partial charge in [-0.05, 0) is 53.6 Å². The highest BCUT2D eigenvalue weighted by Crippen LogP contribution is 2.25. The average Bonchev–Trinajstić information content (AvgIpc) is 2.62. The molecule has 1 fully saturated rings. The SMILES string of the molecule is O=C(CN1CCCNCC1)Nc1ccc(Cl)c(Br)c1. The molecule has 0 radical (unpaired) electrons. The fourth-order valence-electron chi connectivity index (χ4n) is 2.04. The molecular weight excluding hydrogens is 330 g/mol. The topological polar surface area (TPSA) is 44.4 Å². The molecule has 19 heavy (non-hydrogen) atoms. The van der Waals surface area contributed by atoms with Crippen LogP contribution in [0.3, 0.4) is 0 Å². The summed E-state index contributed by atoms with van der Waals surface area (Å²) >= 11 is 9.26. The van der Waals surface area contributed by atoms with Crippen molar-refractivity contribution in [2.75, 3.05) is 38.0 Å². The van der Waals surface area contributed by atoms with Gasteiger partial charge in [-0.3, -0.25) is 9.69 Å². The van der Waals surface area contributed by atoms with Crippen LogP contribution in [0, 0.1) is 0 Å². The van der Waals surface area contributed by atoms with Crippen LogP contribution in [0.1, 0.15) is 6.42 Å². The first-order valence-electron chi connectivity index (χ1n) is 6.33. The lowest BCUT2D eigenvalue weighted by Gasteiger charge is -2.18. The van der Waals surface area contributed by atoms with Gasteiger partial charge in [-0.25, -0.2) is 0 Å². The summed E-state index contributed by atoms with van der Waals surface area (Å²) in [5.41, 5.74) is 0.759. The van der Waals surface area contributed by atoms with Gasteiger partial charge in [-0.15, -0.1) is 0 Å². The molecule has 0 bridgehead atoms. The van der Waals surface area contributed by atoms with Crippen LogP contribution in [0.15, 0.2) is 22.7 Å². The van der Waals surface area contributed by atoms with Crippen molar-refractivity contribution in [3.8, 4) is 0 Å². The van der Waals surface area contributed by atoms with E-state index in [0.29, 0.717) is 11.6 Å². The third-order valence-corrected chi connectivity index (χ3v) is 4.22. The Labute approximate surface area is 126 Å². The van der Waals surface area contributed by atoms with Crippen LogP contribution in [0.4, 0.5) is 5.69 Å². The number of carbonyl (C=O) groups excluding carboxylic acids is 1. The van der Waals surface area contributed by atoms with Crippen molar-refractivity contribution in [3.63, 3.8) is 0 Å². The van der Waals surface area contributed by atoms with Crippen LogP contribution in [0.25, 0.3) is 0 Å². The highest BCUT2D eigenvalue weighted by molar-refractivity contribution is 9.10. The zero-order chi connectivity index (χ0) is 13.7. The highest BCUT2D eigenvalue weighted by Gasteiger charge is 2.13. The summed E-state index contributed by atoms with van der Waals surface area (Å²) in [6.07, 6.45) is 1.08. The number of anilines is 1. The number of halogens is 2. The van der Waals surface area contributed by atoms with Gasteiger partial charge in [0.25, 0.3) is 0 Å². The first kappa shape index (κ1) is 14.8. The van der Waals surface area contributed by atoms with Crippen molar-refractivity contribution in [2.45, 2.75) is 6.42 Å². The smallest absolute Gasteiger partial charge is 0.238 e. The zero-order valence-corrected chi connectivity index (χ0v) is 12.9. The minimum Gasteiger partial charge on any atom is -0.325 e. The maximum absolute atomic E-state index is 12.0. The number of nitrogens with zero attached hydrogens (tertiary/aromatic N) is 1. The van der Waals surface area contributed by atoms with Gasteiger partial charge in [0.2, 0.25) is 5.91 Å². The van der Waals surface area contributed by atoms with Crippen LogP contribution >= 0.6 is 27.5 Å². The molecule has 6 heteroatoms. The second kappa shape index (κ2) is 7.24. The minimum atomic E-state index is 0.0103. The molecule has 2 rings (SSSR count). The summed E-state index contributed by atoms with van der Waals surface area (Å²) in [5.74, 6) is 0.0103. The Morgan fingerprint density at radius 1 is 1.42 bits per heavy atom. The fraction of sp³-hybridized carbons (Fsp3) is 0.462. The van der Waals surface area contributed by atoms with Gasteiger partial charge in [-0.1, -0.05) is 11.6 Å². The van der Waals surface area contributed by atoms with Crippen LogP contribution in [0.5, 0.6) is 0 Å². The molecule has 4 nitrogen and oxygen atoms in total. The number of carbonyl (C=O) groups is 1.